The van der Waals surface area contributed by atoms with Crippen molar-refractivity contribution in [1.82, 2.24) is 10.6 Å². The van der Waals surface area contributed by atoms with Crippen LogP contribution in [0.4, 0.5) is 4.79 Å². The second kappa shape index (κ2) is 11.7. The minimum atomic E-state index is -0.878. The average Bonchev–Trinajstić information content (AvgIpc) is 3.13. The van der Waals surface area contributed by atoms with Crippen LogP contribution in [0.3, 0.4) is 0 Å². The summed E-state index contributed by atoms with van der Waals surface area (Å²) in [5.41, 5.74) is 4.61. The molecule has 0 bridgehead atoms. The van der Waals surface area contributed by atoms with Crippen molar-refractivity contribution in [2.24, 2.45) is 11.8 Å². The Morgan fingerprint density at radius 1 is 0.971 bits per heavy atom. The van der Waals surface area contributed by atoms with E-state index in [9.17, 15) is 14.4 Å². The highest BCUT2D eigenvalue weighted by Crippen LogP contribution is 2.44. The van der Waals surface area contributed by atoms with Crippen molar-refractivity contribution in [3.8, 4) is 11.1 Å². The number of carbonyl (C=O) groups is 3. The van der Waals surface area contributed by atoms with E-state index in [2.05, 4.69) is 34.9 Å². The van der Waals surface area contributed by atoms with E-state index in [0.29, 0.717) is 13.0 Å². The summed E-state index contributed by atoms with van der Waals surface area (Å²) >= 11 is 0. The average molecular weight is 467 g/mol. The molecule has 7 heteroatoms. The maximum atomic E-state index is 12.5. The van der Waals surface area contributed by atoms with Crippen molar-refractivity contribution < 1.29 is 24.2 Å². The van der Waals surface area contributed by atoms with E-state index >= 15 is 0 Å². The van der Waals surface area contributed by atoms with Crippen LogP contribution in [0.5, 0.6) is 0 Å². The maximum Gasteiger partial charge on any atom is 0.407 e. The molecule has 1 aliphatic carbocycles. The topological polar surface area (TPSA) is 105 Å². The van der Waals surface area contributed by atoms with Gasteiger partial charge in [0.05, 0.1) is 6.42 Å². The Kier molecular flexibility index (Phi) is 8.68. The van der Waals surface area contributed by atoms with E-state index < -0.39 is 12.1 Å². The molecule has 2 atom stereocenters. The number of benzene rings is 2. The number of carbonyl (C=O) groups excluding carboxylic acids is 2. The Labute approximate surface area is 200 Å². The molecule has 3 N–H and O–H groups in total. The molecule has 182 valence electrons. The van der Waals surface area contributed by atoms with Gasteiger partial charge in [-0.05, 0) is 40.5 Å². The van der Waals surface area contributed by atoms with Crippen molar-refractivity contribution >= 4 is 18.0 Å². The minimum absolute atomic E-state index is 0.00710. The fraction of sp³-hybridized carbons (Fsp3) is 0.444. The Morgan fingerprint density at radius 2 is 1.56 bits per heavy atom. The molecular formula is C27H34N2O5. The van der Waals surface area contributed by atoms with Gasteiger partial charge < -0.3 is 20.5 Å². The summed E-state index contributed by atoms with van der Waals surface area (Å²) in [4.78, 5) is 35.9. The first-order chi connectivity index (χ1) is 16.3. The molecule has 2 amide bonds. The first-order valence-electron chi connectivity index (χ1n) is 11.9. The number of ether oxygens (including phenoxy) is 1. The van der Waals surface area contributed by atoms with Gasteiger partial charge in [0.2, 0.25) is 5.91 Å². The van der Waals surface area contributed by atoms with Gasteiger partial charge in [-0.2, -0.15) is 0 Å². The summed E-state index contributed by atoms with van der Waals surface area (Å²) in [6.45, 7) is 6.28. The van der Waals surface area contributed by atoms with Gasteiger partial charge in [-0.1, -0.05) is 69.3 Å². The molecule has 0 fully saturated rings. The fourth-order valence-corrected chi connectivity index (χ4v) is 4.41. The second-order valence-corrected chi connectivity index (χ2v) is 9.19. The highest BCUT2D eigenvalue weighted by atomic mass is 16.5. The third-order valence-corrected chi connectivity index (χ3v) is 6.53. The van der Waals surface area contributed by atoms with Gasteiger partial charge in [-0.25, -0.2) is 4.79 Å². The van der Waals surface area contributed by atoms with Crippen molar-refractivity contribution in [3.63, 3.8) is 0 Å². The van der Waals surface area contributed by atoms with Gasteiger partial charge in [-0.3, -0.25) is 9.59 Å². The van der Waals surface area contributed by atoms with E-state index in [-0.39, 0.29) is 49.2 Å². The molecular weight excluding hydrogens is 432 g/mol. The first-order valence-corrected chi connectivity index (χ1v) is 11.9. The number of hydrogen-bond acceptors (Lipinski definition) is 4. The number of hydrogen-bond donors (Lipinski definition) is 3. The summed E-state index contributed by atoms with van der Waals surface area (Å²) in [7, 11) is 0. The van der Waals surface area contributed by atoms with E-state index in [1.54, 1.807) is 0 Å². The van der Waals surface area contributed by atoms with Gasteiger partial charge in [0, 0.05) is 24.9 Å². The number of rotatable bonds is 11. The molecule has 1 aliphatic rings. The van der Waals surface area contributed by atoms with Crippen LogP contribution in [0.1, 0.15) is 57.1 Å². The first kappa shape index (κ1) is 25.3. The van der Waals surface area contributed by atoms with Gasteiger partial charge in [0.25, 0.3) is 0 Å². The molecule has 0 saturated carbocycles. The highest BCUT2D eigenvalue weighted by Gasteiger charge is 2.29. The monoisotopic (exact) mass is 466 g/mol. The van der Waals surface area contributed by atoms with Crippen molar-refractivity contribution in [1.29, 1.82) is 0 Å². The lowest BCUT2D eigenvalue weighted by Crippen LogP contribution is -2.41. The van der Waals surface area contributed by atoms with E-state index in [1.807, 2.05) is 45.0 Å². The number of alkyl carbamates (subject to hydrolysis) is 1. The summed E-state index contributed by atoms with van der Waals surface area (Å²) in [5, 5.41) is 14.7. The molecule has 0 spiro atoms. The SMILES string of the molecule is CC[C@@H](CC(=O)NCC(CC(=O)O)C(C)C)NC(=O)OCC1c2ccccc2-c2ccccc21. The maximum absolute atomic E-state index is 12.5. The predicted molar refractivity (Wildman–Crippen MR) is 130 cm³/mol. The molecule has 0 heterocycles. The number of amides is 2. The van der Waals surface area contributed by atoms with Crippen LogP contribution >= 0.6 is 0 Å². The quantitative estimate of drug-likeness (QED) is 0.450. The summed E-state index contributed by atoms with van der Waals surface area (Å²) in [5.74, 6) is -1.13. The molecule has 0 aliphatic heterocycles. The Balaban J connectivity index is 1.51. The third-order valence-electron chi connectivity index (χ3n) is 6.53. The van der Waals surface area contributed by atoms with E-state index in [1.165, 1.54) is 0 Å². The normalized spacial score (nSPS) is 14.1. The number of carboxylic acid groups (broad SMARTS) is 1. The summed E-state index contributed by atoms with van der Waals surface area (Å²) in [6, 6.07) is 15.9. The number of aliphatic carboxylic acids is 1. The molecule has 0 saturated heterocycles. The molecule has 0 aromatic heterocycles. The zero-order chi connectivity index (χ0) is 24.7. The van der Waals surface area contributed by atoms with Crippen LogP contribution in [0.15, 0.2) is 48.5 Å². The standard InChI is InChI=1S/C27H34N2O5/c1-4-19(14-25(30)28-15-18(17(2)3)13-26(31)32)29-27(33)34-16-24-22-11-7-5-9-20(22)21-10-6-8-12-23(21)24/h5-12,17-19,24H,4,13-16H2,1-3H3,(H,28,30)(H,29,33)(H,31,32)/t18?,19-/m0/s1. The van der Waals surface area contributed by atoms with Gasteiger partial charge in [0.15, 0.2) is 0 Å². The fourth-order valence-electron chi connectivity index (χ4n) is 4.41. The largest absolute Gasteiger partial charge is 0.481 e. The van der Waals surface area contributed by atoms with Gasteiger partial charge in [0.1, 0.15) is 6.61 Å². The van der Waals surface area contributed by atoms with Crippen LogP contribution < -0.4 is 10.6 Å². The van der Waals surface area contributed by atoms with E-state index in [4.69, 9.17) is 9.84 Å². The molecule has 1 unspecified atom stereocenters. The number of fused-ring (bicyclic) bond motifs is 3. The Morgan fingerprint density at radius 3 is 2.09 bits per heavy atom. The molecule has 34 heavy (non-hydrogen) atoms. The Hall–Kier alpha value is -3.35. The van der Waals surface area contributed by atoms with Crippen LogP contribution in [-0.2, 0) is 14.3 Å². The van der Waals surface area contributed by atoms with Crippen LogP contribution in [-0.4, -0.2) is 42.3 Å². The summed E-state index contributed by atoms with van der Waals surface area (Å²) < 4.78 is 5.58. The molecule has 3 rings (SSSR count). The molecule has 0 radical (unpaired) electrons. The highest BCUT2D eigenvalue weighted by molar-refractivity contribution is 5.79. The lowest BCUT2D eigenvalue weighted by Gasteiger charge is -2.21. The van der Waals surface area contributed by atoms with E-state index in [0.717, 1.165) is 22.3 Å². The molecule has 2 aromatic carbocycles. The minimum Gasteiger partial charge on any atom is -0.481 e. The van der Waals surface area contributed by atoms with Crippen LogP contribution in [0, 0.1) is 11.8 Å². The molecule has 7 nitrogen and oxygen atoms in total. The lowest BCUT2D eigenvalue weighted by molar-refractivity contribution is -0.138. The lowest BCUT2D eigenvalue weighted by atomic mass is 9.92. The number of nitrogens with one attached hydrogen (secondary N) is 2. The smallest absolute Gasteiger partial charge is 0.407 e. The molecule has 2 aromatic rings. The van der Waals surface area contributed by atoms with Crippen molar-refractivity contribution in [3.05, 3.63) is 59.7 Å². The Bertz CT molecular complexity index is 974. The second-order valence-electron chi connectivity index (χ2n) is 9.19. The predicted octanol–water partition coefficient (Wildman–Crippen LogP) is 4.56. The van der Waals surface area contributed by atoms with Gasteiger partial charge >= 0.3 is 12.1 Å². The zero-order valence-electron chi connectivity index (χ0n) is 20.0. The van der Waals surface area contributed by atoms with Crippen molar-refractivity contribution in [2.45, 2.75) is 52.0 Å². The van der Waals surface area contributed by atoms with Gasteiger partial charge in [-0.15, -0.1) is 0 Å². The van der Waals surface area contributed by atoms with Crippen molar-refractivity contribution in [2.75, 3.05) is 13.2 Å². The summed E-state index contributed by atoms with van der Waals surface area (Å²) in [6.07, 6.45) is 0.138. The third kappa shape index (κ3) is 6.37. The van der Waals surface area contributed by atoms with Crippen LogP contribution in [0.2, 0.25) is 0 Å². The zero-order valence-corrected chi connectivity index (χ0v) is 20.0. The number of carboxylic acids is 1. The van der Waals surface area contributed by atoms with Crippen LogP contribution in [0.25, 0.3) is 11.1 Å².